The van der Waals surface area contributed by atoms with Crippen molar-refractivity contribution in [1.29, 1.82) is 0 Å². The molecule has 0 spiro atoms. The molecule has 0 bridgehead atoms. The van der Waals surface area contributed by atoms with Crippen LogP contribution in [0.3, 0.4) is 0 Å². The number of carbonyl (C=O) groups excluding carboxylic acids is 2. The van der Waals surface area contributed by atoms with Crippen molar-refractivity contribution in [2.24, 2.45) is 5.92 Å². The molecule has 0 aromatic heterocycles. The Hall–Kier alpha value is -1.49. The maximum absolute atomic E-state index is 13.5. The number of thioether (sulfide) groups is 1. The van der Waals surface area contributed by atoms with Gasteiger partial charge < -0.3 is 10.2 Å². The number of hydrogen-bond acceptors (Lipinski definition) is 3. The van der Waals surface area contributed by atoms with Crippen LogP contribution in [0, 0.1) is 5.92 Å². The zero-order chi connectivity index (χ0) is 20.1. The van der Waals surface area contributed by atoms with Crippen LogP contribution in [0.4, 0.5) is 0 Å². The third kappa shape index (κ3) is 4.99. The lowest BCUT2D eigenvalue weighted by Crippen LogP contribution is -2.52. The lowest BCUT2D eigenvalue weighted by molar-refractivity contribution is -0.135. The third-order valence-electron chi connectivity index (χ3n) is 6.96. The fourth-order valence-electron chi connectivity index (χ4n) is 5.22. The summed E-state index contributed by atoms with van der Waals surface area (Å²) < 4.78 is -0.292. The topological polar surface area (TPSA) is 49.4 Å². The second-order valence-corrected chi connectivity index (χ2v) is 10.5. The van der Waals surface area contributed by atoms with E-state index < -0.39 is 0 Å². The van der Waals surface area contributed by atoms with Gasteiger partial charge in [-0.3, -0.25) is 9.59 Å². The maximum Gasteiger partial charge on any atom is 0.239 e. The summed E-state index contributed by atoms with van der Waals surface area (Å²) in [6.45, 7) is 1.54. The van der Waals surface area contributed by atoms with E-state index in [0.717, 1.165) is 64.5 Å². The normalized spacial score (nSPS) is 23.1. The van der Waals surface area contributed by atoms with Crippen molar-refractivity contribution in [1.82, 2.24) is 10.2 Å². The Balaban J connectivity index is 1.32. The Labute approximate surface area is 179 Å². The Kier molecular flexibility index (Phi) is 6.84. The summed E-state index contributed by atoms with van der Waals surface area (Å²) in [5.74, 6) is 0.787. The smallest absolute Gasteiger partial charge is 0.239 e. The monoisotopic (exact) mass is 414 g/mol. The van der Waals surface area contributed by atoms with E-state index in [4.69, 9.17) is 0 Å². The minimum absolute atomic E-state index is 0.215. The number of piperidine rings is 1. The first-order valence-corrected chi connectivity index (χ1v) is 12.3. The van der Waals surface area contributed by atoms with Gasteiger partial charge in [-0.2, -0.15) is 0 Å². The molecule has 1 aromatic carbocycles. The van der Waals surface area contributed by atoms with E-state index in [1.807, 2.05) is 6.07 Å². The molecule has 2 aliphatic carbocycles. The van der Waals surface area contributed by atoms with Crippen molar-refractivity contribution in [3.63, 3.8) is 0 Å². The fraction of sp³-hybridized carbons (Fsp3) is 0.667. The van der Waals surface area contributed by atoms with Crippen LogP contribution < -0.4 is 5.32 Å². The van der Waals surface area contributed by atoms with Crippen molar-refractivity contribution in [2.45, 2.75) is 86.3 Å². The number of nitrogens with one attached hydrogen (secondary N) is 1. The second kappa shape index (κ2) is 9.55. The van der Waals surface area contributed by atoms with Crippen molar-refractivity contribution >= 4 is 23.6 Å². The molecule has 1 heterocycles. The maximum atomic E-state index is 13.5. The predicted molar refractivity (Wildman–Crippen MR) is 118 cm³/mol. The highest BCUT2D eigenvalue weighted by Gasteiger charge is 2.45. The van der Waals surface area contributed by atoms with Crippen LogP contribution >= 0.6 is 11.8 Å². The molecule has 0 unspecified atom stereocenters. The average molecular weight is 415 g/mol. The third-order valence-corrected chi connectivity index (χ3v) is 8.44. The van der Waals surface area contributed by atoms with E-state index in [1.54, 1.807) is 11.8 Å². The van der Waals surface area contributed by atoms with Gasteiger partial charge in [-0.05, 0) is 50.7 Å². The summed E-state index contributed by atoms with van der Waals surface area (Å²) in [5, 5.41) is 3.28. The van der Waals surface area contributed by atoms with Crippen LogP contribution in [-0.2, 0) is 9.59 Å². The van der Waals surface area contributed by atoms with Crippen LogP contribution in [0.1, 0.15) is 70.6 Å². The number of nitrogens with zero attached hydrogens (tertiary/aromatic N) is 1. The largest absolute Gasteiger partial charge is 0.353 e. The molecule has 1 aliphatic heterocycles. The molecule has 5 heteroatoms. The average Bonchev–Trinajstić information content (AvgIpc) is 3.25. The van der Waals surface area contributed by atoms with Gasteiger partial charge in [0.1, 0.15) is 0 Å². The molecule has 2 amide bonds. The Morgan fingerprint density at radius 3 is 2.21 bits per heavy atom. The molecule has 4 rings (SSSR count). The number of rotatable bonds is 5. The lowest BCUT2D eigenvalue weighted by atomic mass is 9.88. The molecule has 3 fully saturated rings. The van der Waals surface area contributed by atoms with E-state index in [-0.39, 0.29) is 22.6 Å². The minimum Gasteiger partial charge on any atom is -0.353 e. The van der Waals surface area contributed by atoms with E-state index in [9.17, 15) is 9.59 Å². The Morgan fingerprint density at radius 2 is 1.55 bits per heavy atom. The number of benzene rings is 1. The molecular weight excluding hydrogens is 380 g/mol. The molecule has 2 saturated carbocycles. The van der Waals surface area contributed by atoms with Gasteiger partial charge in [-0.1, -0.05) is 50.3 Å². The fourth-order valence-corrected chi connectivity index (χ4v) is 6.67. The molecule has 1 N–H and O–H groups in total. The van der Waals surface area contributed by atoms with Gasteiger partial charge in [0.15, 0.2) is 0 Å². The zero-order valence-corrected chi connectivity index (χ0v) is 18.2. The summed E-state index contributed by atoms with van der Waals surface area (Å²) >= 11 is 1.77. The van der Waals surface area contributed by atoms with Crippen LogP contribution in [-0.4, -0.2) is 40.6 Å². The molecule has 158 valence electrons. The van der Waals surface area contributed by atoms with Crippen LogP contribution in [0.15, 0.2) is 35.2 Å². The standard InChI is InChI=1S/C24H34N2O2S/c27-22(19-9-3-1-4-10-19)25-20-13-17-26(18-14-20)23(28)24(15-7-8-16-24)29-21-11-5-2-6-12-21/h2,5-6,11-12,19-20H,1,3-4,7-10,13-18H2,(H,25,27). The molecule has 4 nitrogen and oxygen atoms in total. The summed E-state index contributed by atoms with van der Waals surface area (Å²) in [7, 11) is 0. The first kappa shape index (κ1) is 20.8. The molecule has 3 aliphatic rings. The summed E-state index contributed by atoms with van der Waals surface area (Å²) in [6.07, 6.45) is 11.7. The van der Waals surface area contributed by atoms with Crippen molar-refractivity contribution in [2.75, 3.05) is 13.1 Å². The Morgan fingerprint density at radius 1 is 0.897 bits per heavy atom. The van der Waals surface area contributed by atoms with Gasteiger partial charge in [0, 0.05) is 29.9 Å². The molecule has 0 radical (unpaired) electrons. The molecular formula is C24H34N2O2S. The zero-order valence-electron chi connectivity index (χ0n) is 17.4. The molecule has 0 atom stereocenters. The van der Waals surface area contributed by atoms with Crippen LogP contribution in [0.2, 0.25) is 0 Å². The van der Waals surface area contributed by atoms with E-state index in [2.05, 4.69) is 34.5 Å². The number of likely N-dealkylation sites (tertiary alicyclic amines) is 1. The van der Waals surface area contributed by atoms with Gasteiger partial charge in [0.05, 0.1) is 4.75 Å². The van der Waals surface area contributed by atoms with Crippen LogP contribution in [0.25, 0.3) is 0 Å². The van der Waals surface area contributed by atoms with E-state index in [1.165, 1.54) is 24.2 Å². The van der Waals surface area contributed by atoms with E-state index in [0.29, 0.717) is 5.91 Å². The molecule has 1 saturated heterocycles. The number of amides is 2. The first-order valence-electron chi connectivity index (χ1n) is 11.5. The molecule has 1 aromatic rings. The summed E-state index contributed by atoms with van der Waals surface area (Å²) in [4.78, 5) is 29.3. The van der Waals surface area contributed by atoms with Gasteiger partial charge in [0.25, 0.3) is 0 Å². The second-order valence-electron chi connectivity index (χ2n) is 9.03. The molecule has 29 heavy (non-hydrogen) atoms. The van der Waals surface area contributed by atoms with Gasteiger partial charge in [-0.25, -0.2) is 0 Å². The van der Waals surface area contributed by atoms with Crippen molar-refractivity contribution in [3.05, 3.63) is 30.3 Å². The van der Waals surface area contributed by atoms with Gasteiger partial charge >= 0.3 is 0 Å². The van der Waals surface area contributed by atoms with Gasteiger partial charge in [0.2, 0.25) is 11.8 Å². The Bertz CT molecular complexity index is 688. The van der Waals surface area contributed by atoms with Crippen LogP contribution in [0.5, 0.6) is 0 Å². The predicted octanol–water partition coefficient (Wildman–Crippen LogP) is 4.78. The first-order chi connectivity index (χ1) is 14.2. The number of hydrogen-bond donors (Lipinski definition) is 1. The lowest BCUT2D eigenvalue weighted by Gasteiger charge is -2.38. The highest BCUT2D eigenvalue weighted by molar-refractivity contribution is 8.01. The van der Waals surface area contributed by atoms with Gasteiger partial charge in [-0.15, -0.1) is 11.8 Å². The van der Waals surface area contributed by atoms with Crippen molar-refractivity contribution < 1.29 is 9.59 Å². The van der Waals surface area contributed by atoms with E-state index >= 15 is 0 Å². The summed E-state index contributed by atoms with van der Waals surface area (Å²) in [5.41, 5.74) is 0. The van der Waals surface area contributed by atoms with Crippen molar-refractivity contribution in [3.8, 4) is 0 Å². The quantitative estimate of drug-likeness (QED) is 0.754. The highest BCUT2D eigenvalue weighted by atomic mass is 32.2. The summed E-state index contributed by atoms with van der Waals surface area (Å²) in [6, 6.07) is 10.6. The number of carbonyl (C=O) groups is 2. The minimum atomic E-state index is -0.292. The highest BCUT2D eigenvalue weighted by Crippen LogP contribution is 2.46. The SMILES string of the molecule is O=C(NC1CCN(C(=O)C2(Sc3ccccc3)CCCC2)CC1)C1CCCCC1.